The number of aromatic nitrogens is 1. The molecular weight excluding hydrogens is 699 g/mol. The van der Waals surface area contributed by atoms with E-state index in [0.717, 1.165) is 38.6 Å². The van der Waals surface area contributed by atoms with Gasteiger partial charge in [0, 0.05) is 44.7 Å². The van der Waals surface area contributed by atoms with Crippen LogP contribution in [-0.2, 0) is 0 Å². The zero-order valence-corrected chi connectivity index (χ0v) is 31.0. The third-order valence-corrected chi connectivity index (χ3v) is 11.0. The minimum Gasteiger partial charge on any atom is -0.456 e. The van der Waals surface area contributed by atoms with E-state index in [0.29, 0.717) is 50.3 Å². The van der Waals surface area contributed by atoms with Crippen LogP contribution in [-0.4, -0.2) is 79.0 Å². The van der Waals surface area contributed by atoms with Crippen LogP contribution in [0.5, 0.6) is 0 Å². The fourth-order valence-corrected chi connectivity index (χ4v) is 8.11. The molecule has 7 aromatic carbocycles. The predicted octanol–water partition coefficient (Wildman–Crippen LogP) is 1.20. The molecule has 1 aliphatic rings. The van der Waals surface area contributed by atoms with Crippen molar-refractivity contribution in [2.75, 3.05) is 0 Å². The molecule has 0 saturated heterocycles. The maximum Gasteiger partial charge on any atom is 0.160 e. The van der Waals surface area contributed by atoms with Crippen LogP contribution in [0.3, 0.4) is 0 Å². The van der Waals surface area contributed by atoms with Gasteiger partial charge in [-0.25, -0.2) is 9.98 Å². The van der Waals surface area contributed by atoms with Crippen LogP contribution in [0.1, 0.15) is 22.9 Å². The molecular formula is C45H22B8N4O. The summed E-state index contributed by atoms with van der Waals surface area (Å²) in [5, 5.41) is 6.20. The molecule has 1 atom stereocenters. The Morgan fingerprint density at radius 3 is 1.76 bits per heavy atom. The van der Waals surface area contributed by atoms with Crippen LogP contribution in [0.15, 0.2) is 136 Å². The third kappa shape index (κ3) is 5.50. The first-order valence-electron chi connectivity index (χ1n) is 18.5. The molecule has 10 rings (SSSR count). The van der Waals surface area contributed by atoms with Crippen LogP contribution in [0, 0.1) is 0 Å². The molecule has 0 saturated carbocycles. The van der Waals surface area contributed by atoms with Crippen molar-refractivity contribution in [3.63, 3.8) is 0 Å². The van der Waals surface area contributed by atoms with Crippen molar-refractivity contribution in [2.45, 2.75) is 6.17 Å². The van der Waals surface area contributed by atoms with E-state index in [-0.39, 0.29) is 43.7 Å². The fraction of sp³-hybridized carbons (Fsp3) is 0.0222. The summed E-state index contributed by atoms with van der Waals surface area (Å²) in [5.41, 5.74) is 8.97. The number of nitrogens with zero attached hydrogens (tertiary/aromatic N) is 3. The first kappa shape index (κ1) is 36.2. The molecule has 58 heavy (non-hydrogen) atoms. The molecule has 0 aliphatic carbocycles. The lowest BCUT2D eigenvalue weighted by Gasteiger charge is -2.24. The van der Waals surface area contributed by atoms with Crippen LogP contribution in [0.2, 0.25) is 0 Å². The molecule has 5 nitrogen and oxygen atoms in total. The first-order chi connectivity index (χ1) is 28.1. The number of benzene rings is 7. The molecule has 0 fully saturated rings. The SMILES string of the molecule is [B]c1c([B])c([B])c2c(c1[B])c1c([B])c([B])c([B])c([B])c1n2-c1ccc2c(c1)oc1cccc(C3=NC(c4ccccc4)NC(c4cccc(-c5ccccc5)c4)=N3)c12. The van der Waals surface area contributed by atoms with Gasteiger partial charge < -0.3 is 14.3 Å². The minimum absolute atomic E-state index is 0.128. The number of aliphatic imine (C=N–C) groups is 2. The standard InChI is InChI=1S/C45H22B8N4O/c46-33-31-32-34(47)36(49)38(51)40(53)42(32)57(41(31)39(52)37(50)35(33)48)25-17-18-26-29(20-25)58-28-16-8-15-27(30(26)28)45-55-43(22-11-5-2-6-12-22)54-44(56-45)24-14-7-13-23(19-24)21-9-3-1-4-10-21/h1-20,43H,(H,54,55,56). The van der Waals surface area contributed by atoms with Gasteiger partial charge >= 0.3 is 0 Å². The van der Waals surface area contributed by atoms with E-state index in [4.69, 9.17) is 77.2 Å². The quantitative estimate of drug-likeness (QED) is 0.272. The number of hydrogen-bond donors (Lipinski definition) is 1. The van der Waals surface area contributed by atoms with Gasteiger partial charge in [-0.05, 0) is 51.7 Å². The van der Waals surface area contributed by atoms with Gasteiger partial charge in [-0.2, -0.15) is 0 Å². The first-order valence-corrected chi connectivity index (χ1v) is 18.5. The maximum absolute atomic E-state index is 6.71. The Hall–Kier alpha value is -6.20. The van der Waals surface area contributed by atoms with E-state index in [1.54, 1.807) is 0 Å². The molecule has 252 valence electrons. The molecule has 16 radical (unpaired) electrons. The normalized spacial score (nSPS) is 14.2. The minimum atomic E-state index is -0.404. The highest BCUT2D eigenvalue weighted by Gasteiger charge is 2.26. The predicted molar refractivity (Wildman–Crippen MR) is 248 cm³/mol. The second-order valence-electron chi connectivity index (χ2n) is 14.4. The van der Waals surface area contributed by atoms with Crippen LogP contribution in [0.25, 0.3) is 60.6 Å². The summed E-state index contributed by atoms with van der Waals surface area (Å²) in [6.45, 7) is 0. The fourth-order valence-electron chi connectivity index (χ4n) is 8.11. The molecule has 9 aromatic rings. The smallest absolute Gasteiger partial charge is 0.160 e. The number of hydrogen-bond acceptors (Lipinski definition) is 4. The van der Waals surface area contributed by atoms with Gasteiger partial charge in [0.15, 0.2) is 5.84 Å². The Bertz CT molecular complexity index is 3170. The Morgan fingerprint density at radius 2 is 1.09 bits per heavy atom. The number of fused-ring (bicyclic) bond motifs is 6. The van der Waals surface area contributed by atoms with Crippen molar-refractivity contribution >= 4 is 162 Å². The molecule has 0 spiro atoms. The van der Waals surface area contributed by atoms with Gasteiger partial charge in [-0.1, -0.05) is 113 Å². The molecule has 1 N–H and O–H groups in total. The highest BCUT2D eigenvalue weighted by molar-refractivity contribution is 6.71. The lowest BCUT2D eigenvalue weighted by atomic mass is 9.63. The van der Waals surface area contributed by atoms with E-state index >= 15 is 0 Å². The zero-order chi connectivity index (χ0) is 40.0. The second kappa shape index (κ2) is 13.7. The Balaban J connectivity index is 1.18. The van der Waals surface area contributed by atoms with Gasteiger partial charge in [-0.3, -0.25) is 0 Å². The molecule has 13 heteroatoms. The maximum atomic E-state index is 6.71. The monoisotopic (exact) mass is 722 g/mol. The van der Waals surface area contributed by atoms with Crippen molar-refractivity contribution in [3.05, 3.63) is 138 Å². The van der Waals surface area contributed by atoms with Crippen LogP contribution in [0.4, 0.5) is 0 Å². The summed E-state index contributed by atoms with van der Waals surface area (Å²) in [6.07, 6.45) is -0.404. The summed E-state index contributed by atoms with van der Waals surface area (Å²) in [4.78, 5) is 10.4. The van der Waals surface area contributed by atoms with Gasteiger partial charge in [0.25, 0.3) is 0 Å². The lowest BCUT2D eigenvalue weighted by molar-refractivity contribution is 0.668. The van der Waals surface area contributed by atoms with Crippen molar-refractivity contribution in [3.8, 4) is 16.8 Å². The largest absolute Gasteiger partial charge is 0.456 e. The summed E-state index contributed by atoms with van der Waals surface area (Å²) < 4.78 is 8.42. The highest BCUT2D eigenvalue weighted by atomic mass is 16.3. The van der Waals surface area contributed by atoms with E-state index in [1.165, 1.54) is 0 Å². The molecule has 0 bridgehead atoms. The highest BCUT2D eigenvalue weighted by Crippen LogP contribution is 2.36. The molecule has 0 amide bonds. The molecule has 2 aromatic heterocycles. The number of rotatable bonds is 5. The molecule has 3 heterocycles. The van der Waals surface area contributed by atoms with Crippen LogP contribution < -0.4 is 49.0 Å². The zero-order valence-electron chi connectivity index (χ0n) is 31.0. The summed E-state index contributed by atoms with van der Waals surface area (Å²) in [5.74, 6) is 1.25. The number of amidine groups is 2. The average molecular weight is 721 g/mol. The average Bonchev–Trinajstić information content (AvgIpc) is 3.83. The Labute approximate surface area is 345 Å². The summed E-state index contributed by atoms with van der Waals surface area (Å²) in [7, 11) is 52.2. The topological polar surface area (TPSA) is 54.8 Å². The van der Waals surface area contributed by atoms with E-state index in [9.17, 15) is 0 Å². The van der Waals surface area contributed by atoms with E-state index in [1.807, 2.05) is 83.4 Å². The van der Waals surface area contributed by atoms with E-state index < -0.39 is 6.17 Å². The van der Waals surface area contributed by atoms with Gasteiger partial charge in [0.1, 0.15) is 85.9 Å². The van der Waals surface area contributed by atoms with Gasteiger partial charge in [-0.15, -0.1) is 21.9 Å². The van der Waals surface area contributed by atoms with Gasteiger partial charge in [0.2, 0.25) is 0 Å². The van der Waals surface area contributed by atoms with Crippen molar-refractivity contribution in [1.29, 1.82) is 0 Å². The molecule has 1 aliphatic heterocycles. The van der Waals surface area contributed by atoms with Crippen LogP contribution >= 0.6 is 0 Å². The van der Waals surface area contributed by atoms with Crippen molar-refractivity contribution in [1.82, 2.24) is 9.88 Å². The summed E-state index contributed by atoms with van der Waals surface area (Å²) in [6, 6.07) is 40.4. The Kier molecular flexibility index (Phi) is 8.56. The van der Waals surface area contributed by atoms with Crippen molar-refractivity contribution < 1.29 is 4.42 Å². The third-order valence-electron chi connectivity index (χ3n) is 11.0. The number of nitrogens with one attached hydrogen (secondary N) is 1. The molecule has 1 unspecified atom stereocenters. The van der Waals surface area contributed by atoms with E-state index in [2.05, 4.69) is 47.8 Å². The second-order valence-corrected chi connectivity index (χ2v) is 14.4. The van der Waals surface area contributed by atoms with Crippen molar-refractivity contribution in [2.24, 2.45) is 9.98 Å². The Morgan fingerprint density at radius 1 is 0.500 bits per heavy atom. The number of furan rings is 1. The summed E-state index contributed by atoms with van der Waals surface area (Å²) >= 11 is 0. The lowest BCUT2D eigenvalue weighted by Crippen LogP contribution is -2.49. The van der Waals surface area contributed by atoms with Gasteiger partial charge in [0.05, 0.1) is 0 Å².